The summed E-state index contributed by atoms with van der Waals surface area (Å²) < 4.78 is 24.2. The van der Waals surface area contributed by atoms with E-state index in [0.717, 1.165) is 22.6 Å². The maximum atomic E-state index is 13.6. The molecule has 0 aromatic heterocycles. The van der Waals surface area contributed by atoms with E-state index >= 15 is 0 Å². The summed E-state index contributed by atoms with van der Waals surface area (Å²) in [6.07, 6.45) is 0. The molecule has 1 heterocycles. The summed E-state index contributed by atoms with van der Waals surface area (Å²) in [7, 11) is 0. The van der Waals surface area contributed by atoms with Gasteiger partial charge in [0.15, 0.2) is 11.5 Å². The Morgan fingerprint density at radius 2 is 1.95 bits per heavy atom. The zero-order valence-corrected chi connectivity index (χ0v) is 12.2. The lowest BCUT2D eigenvalue weighted by atomic mass is 10.1. The summed E-state index contributed by atoms with van der Waals surface area (Å²) in [6.45, 7) is 4.76. The van der Waals surface area contributed by atoms with Crippen LogP contribution < -0.4 is 14.8 Å². The van der Waals surface area contributed by atoms with Crippen molar-refractivity contribution in [2.45, 2.75) is 26.4 Å². The van der Waals surface area contributed by atoms with Crippen molar-refractivity contribution < 1.29 is 13.9 Å². The number of hydrogen-bond acceptors (Lipinski definition) is 3. The molecule has 0 saturated carbocycles. The maximum absolute atomic E-state index is 13.6. The fourth-order valence-electron chi connectivity index (χ4n) is 2.32. The van der Waals surface area contributed by atoms with Crippen molar-refractivity contribution in [3.63, 3.8) is 0 Å². The smallest absolute Gasteiger partial charge is 0.231 e. The number of hydrogen-bond donors (Lipinski definition) is 1. The molecular weight excluding hydrogens is 269 g/mol. The lowest BCUT2D eigenvalue weighted by Crippen LogP contribution is -2.18. The van der Waals surface area contributed by atoms with Gasteiger partial charge in [-0.05, 0) is 48.7 Å². The van der Waals surface area contributed by atoms with E-state index in [1.807, 2.05) is 37.3 Å². The lowest BCUT2D eigenvalue weighted by molar-refractivity contribution is 0.174. The van der Waals surface area contributed by atoms with E-state index < -0.39 is 0 Å². The highest BCUT2D eigenvalue weighted by molar-refractivity contribution is 5.44. The molecule has 3 rings (SSSR count). The first kappa shape index (κ1) is 13.9. The molecule has 1 atom stereocenters. The van der Waals surface area contributed by atoms with Gasteiger partial charge in [0.25, 0.3) is 0 Å². The summed E-state index contributed by atoms with van der Waals surface area (Å²) in [5.74, 6) is 1.40. The Bertz CT molecular complexity index is 657. The molecule has 21 heavy (non-hydrogen) atoms. The van der Waals surface area contributed by atoms with Gasteiger partial charge in [0, 0.05) is 12.6 Å². The van der Waals surface area contributed by atoms with Crippen molar-refractivity contribution in [2.75, 3.05) is 6.79 Å². The summed E-state index contributed by atoms with van der Waals surface area (Å²) in [5.41, 5.74) is 2.72. The van der Waals surface area contributed by atoms with E-state index in [0.29, 0.717) is 12.1 Å². The molecule has 1 aliphatic heterocycles. The highest BCUT2D eigenvalue weighted by Gasteiger charge is 2.13. The lowest BCUT2D eigenvalue weighted by Gasteiger charge is -2.15. The summed E-state index contributed by atoms with van der Waals surface area (Å²) in [6, 6.07) is 11.3. The first-order valence-corrected chi connectivity index (χ1v) is 7.01. The van der Waals surface area contributed by atoms with Gasteiger partial charge in [0.05, 0.1) is 0 Å². The number of benzene rings is 2. The molecule has 0 saturated heterocycles. The molecule has 1 aliphatic rings. The standard InChI is InChI=1S/C17H18FNO2/c1-11-3-5-14(8-15(11)18)12(2)19-9-13-4-6-16-17(7-13)21-10-20-16/h3-8,12,19H,9-10H2,1-2H3. The van der Waals surface area contributed by atoms with Crippen molar-refractivity contribution >= 4 is 0 Å². The molecular formula is C17H18FNO2. The van der Waals surface area contributed by atoms with Crippen LogP contribution in [0, 0.1) is 12.7 Å². The second-order valence-corrected chi connectivity index (χ2v) is 5.30. The Hall–Kier alpha value is -2.07. The average Bonchev–Trinajstić information content (AvgIpc) is 2.95. The van der Waals surface area contributed by atoms with E-state index in [1.165, 1.54) is 0 Å². The van der Waals surface area contributed by atoms with Crippen molar-refractivity contribution in [3.8, 4) is 11.5 Å². The Labute approximate surface area is 123 Å². The molecule has 1 unspecified atom stereocenters. The fourth-order valence-corrected chi connectivity index (χ4v) is 2.32. The summed E-state index contributed by atoms with van der Waals surface area (Å²) >= 11 is 0. The van der Waals surface area contributed by atoms with Gasteiger partial charge < -0.3 is 14.8 Å². The first-order chi connectivity index (χ1) is 10.1. The number of halogens is 1. The van der Waals surface area contributed by atoms with Crippen LogP contribution >= 0.6 is 0 Å². The van der Waals surface area contributed by atoms with Gasteiger partial charge in [0.1, 0.15) is 5.82 Å². The topological polar surface area (TPSA) is 30.5 Å². The fraction of sp³-hybridized carbons (Fsp3) is 0.294. The minimum atomic E-state index is -0.163. The largest absolute Gasteiger partial charge is 0.454 e. The average molecular weight is 287 g/mol. The molecule has 110 valence electrons. The van der Waals surface area contributed by atoms with Crippen LogP contribution in [-0.4, -0.2) is 6.79 Å². The summed E-state index contributed by atoms with van der Waals surface area (Å²) in [4.78, 5) is 0. The van der Waals surface area contributed by atoms with Crippen LogP contribution in [0.1, 0.15) is 29.7 Å². The van der Waals surface area contributed by atoms with Crippen LogP contribution in [0.5, 0.6) is 11.5 Å². The quantitative estimate of drug-likeness (QED) is 0.929. The van der Waals surface area contributed by atoms with Crippen LogP contribution in [0.15, 0.2) is 36.4 Å². The second-order valence-electron chi connectivity index (χ2n) is 5.30. The molecule has 0 amide bonds. The molecule has 0 aliphatic carbocycles. The van der Waals surface area contributed by atoms with Crippen molar-refractivity contribution in [2.24, 2.45) is 0 Å². The van der Waals surface area contributed by atoms with Gasteiger partial charge in [-0.3, -0.25) is 0 Å². The van der Waals surface area contributed by atoms with Gasteiger partial charge in [-0.2, -0.15) is 0 Å². The van der Waals surface area contributed by atoms with Gasteiger partial charge in [-0.25, -0.2) is 4.39 Å². The third kappa shape index (κ3) is 3.00. The number of rotatable bonds is 4. The van der Waals surface area contributed by atoms with Crippen molar-refractivity contribution in [3.05, 3.63) is 58.9 Å². The van der Waals surface area contributed by atoms with Gasteiger partial charge in [-0.1, -0.05) is 18.2 Å². The minimum absolute atomic E-state index is 0.0746. The Kier molecular flexibility index (Phi) is 3.80. The van der Waals surface area contributed by atoms with E-state index in [-0.39, 0.29) is 18.7 Å². The Morgan fingerprint density at radius 3 is 2.76 bits per heavy atom. The Balaban J connectivity index is 1.65. The zero-order chi connectivity index (χ0) is 14.8. The van der Waals surface area contributed by atoms with Crippen LogP contribution in [0.2, 0.25) is 0 Å². The Morgan fingerprint density at radius 1 is 1.14 bits per heavy atom. The predicted molar refractivity (Wildman–Crippen MR) is 79.0 cm³/mol. The third-order valence-corrected chi connectivity index (χ3v) is 3.75. The summed E-state index contributed by atoms with van der Waals surface area (Å²) in [5, 5.41) is 3.39. The molecule has 0 radical (unpaired) electrons. The van der Waals surface area contributed by atoms with E-state index in [4.69, 9.17) is 9.47 Å². The molecule has 3 nitrogen and oxygen atoms in total. The van der Waals surface area contributed by atoms with Gasteiger partial charge in [-0.15, -0.1) is 0 Å². The number of fused-ring (bicyclic) bond motifs is 1. The normalized spacial score (nSPS) is 14.2. The van der Waals surface area contributed by atoms with Gasteiger partial charge in [0.2, 0.25) is 6.79 Å². The molecule has 0 spiro atoms. The molecule has 2 aromatic carbocycles. The SMILES string of the molecule is Cc1ccc(C(C)NCc2ccc3c(c2)OCO3)cc1F. The molecule has 4 heteroatoms. The predicted octanol–water partition coefficient (Wildman–Crippen LogP) is 3.71. The van der Waals surface area contributed by atoms with Crippen LogP contribution in [0.3, 0.4) is 0 Å². The van der Waals surface area contributed by atoms with E-state index in [1.54, 1.807) is 13.0 Å². The van der Waals surface area contributed by atoms with E-state index in [9.17, 15) is 4.39 Å². The molecule has 2 aromatic rings. The molecule has 0 bridgehead atoms. The highest BCUT2D eigenvalue weighted by atomic mass is 19.1. The van der Waals surface area contributed by atoms with Crippen LogP contribution in [0.25, 0.3) is 0 Å². The maximum Gasteiger partial charge on any atom is 0.231 e. The van der Waals surface area contributed by atoms with Gasteiger partial charge >= 0.3 is 0 Å². The minimum Gasteiger partial charge on any atom is -0.454 e. The zero-order valence-electron chi connectivity index (χ0n) is 12.2. The highest BCUT2D eigenvalue weighted by Crippen LogP contribution is 2.32. The van der Waals surface area contributed by atoms with Crippen molar-refractivity contribution in [1.82, 2.24) is 5.32 Å². The first-order valence-electron chi connectivity index (χ1n) is 7.01. The number of ether oxygens (including phenoxy) is 2. The van der Waals surface area contributed by atoms with E-state index in [2.05, 4.69) is 5.32 Å². The molecule has 0 fully saturated rings. The van der Waals surface area contributed by atoms with Crippen molar-refractivity contribution in [1.29, 1.82) is 0 Å². The second kappa shape index (κ2) is 5.74. The monoisotopic (exact) mass is 287 g/mol. The van der Waals surface area contributed by atoms with Crippen LogP contribution in [0.4, 0.5) is 4.39 Å². The van der Waals surface area contributed by atoms with Crippen LogP contribution in [-0.2, 0) is 6.54 Å². The molecule has 1 N–H and O–H groups in total. The third-order valence-electron chi connectivity index (χ3n) is 3.75. The number of aryl methyl sites for hydroxylation is 1. The number of nitrogens with one attached hydrogen (secondary N) is 1.